The van der Waals surface area contributed by atoms with Crippen LogP contribution >= 0.6 is 0 Å². The molecule has 1 amide bonds. The molecule has 0 spiro atoms. The first-order chi connectivity index (χ1) is 9.79. The first-order valence-corrected chi connectivity index (χ1v) is 6.53. The van der Waals surface area contributed by atoms with Gasteiger partial charge in [0.25, 0.3) is 5.91 Å². The number of anilines is 1. The molecular formula is C14H17N5O. The van der Waals surface area contributed by atoms with Crippen molar-refractivity contribution in [2.45, 2.75) is 19.9 Å². The molecule has 0 atom stereocenters. The summed E-state index contributed by atoms with van der Waals surface area (Å²) in [6.45, 7) is 3.26. The number of nitrogens with zero attached hydrogens (tertiary/aromatic N) is 3. The monoisotopic (exact) mass is 271 g/mol. The van der Waals surface area contributed by atoms with Crippen LogP contribution < -0.4 is 10.6 Å². The van der Waals surface area contributed by atoms with Crippen molar-refractivity contribution in [1.82, 2.24) is 20.3 Å². The maximum absolute atomic E-state index is 12.0. The second kappa shape index (κ2) is 7.18. The van der Waals surface area contributed by atoms with Gasteiger partial charge in [-0.2, -0.15) is 0 Å². The van der Waals surface area contributed by atoms with Crippen LogP contribution in [0.15, 0.2) is 36.8 Å². The van der Waals surface area contributed by atoms with Crippen LogP contribution in [0.3, 0.4) is 0 Å². The molecule has 0 aliphatic carbocycles. The second-order valence-electron chi connectivity index (χ2n) is 4.22. The number of nitrogens with one attached hydrogen (secondary N) is 2. The van der Waals surface area contributed by atoms with E-state index in [0.717, 1.165) is 18.7 Å². The third-order valence-corrected chi connectivity index (χ3v) is 2.61. The molecule has 2 aromatic rings. The van der Waals surface area contributed by atoms with E-state index in [1.54, 1.807) is 18.3 Å². The summed E-state index contributed by atoms with van der Waals surface area (Å²) in [6.07, 6.45) is 4.10. The highest BCUT2D eigenvalue weighted by Crippen LogP contribution is 2.05. The Morgan fingerprint density at radius 1 is 1.30 bits per heavy atom. The fourth-order valence-electron chi connectivity index (χ4n) is 1.60. The Balaban J connectivity index is 1.95. The minimum atomic E-state index is -0.219. The average molecular weight is 271 g/mol. The lowest BCUT2D eigenvalue weighted by Gasteiger charge is -2.07. The van der Waals surface area contributed by atoms with E-state index >= 15 is 0 Å². The van der Waals surface area contributed by atoms with E-state index in [4.69, 9.17) is 0 Å². The van der Waals surface area contributed by atoms with Gasteiger partial charge in [-0.05, 0) is 24.6 Å². The van der Waals surface area contributed by atoms with Crippen LogP contribution in [0.4, 0.5) is 5.82 Å². The van der Waals surface area contributed by atoms with E-state index in [-0.39, 0.29) is 5.91 Å². The zero-order valence-corrected chi connectivity index (χ0v) is 11.3. The van der Waals surface area contributed by atoms with E-state index in [0.29, 0.717) is 18.1 Å². The SMILES string of the molecule is CCCNc1cccc(C(=O)NCc2ccncn2)n1. The van der Waals surface area contributed by atoms with Gasteiger partial charge in [0.2, 0.25) is 0 Å². The third-order valence-electron chi connectivity index (χ3n) is 2.61. The highest BCUT2D eigenvalue weighted by Gasteiger charge is 2.07. The Hall–Kier alpha value is -2.50. The highest BCUT2D eigenvalue weighted by molar-refractivity contribution is 5.92. The molecule has 0 aliphatic rings. The summed E-state index contributed by atoms with van der Waals surface area (Å²) in [4.78, 5) is 24.1. The number of aromatic nitrogens is 3. The molecule has 0 aliphatic heterocycles. The van der Waals surface area contributed by atoms with Crippen molar-refractivity contribution < 1.29 is 4.79 Å². The molecule has 0 bridgehead atoms. The first-order valence-electron chi connectivity index (χ1n) is 6.53. The minimum Gasteiger partial charge on any atom is -0.370 e. The molecule has 2 rings (SSSR count). The maximum atomic E-state index is 12.0. The maximum Gasteiger partial charge on any atom is 0.270 e. The van der Waals surface area contributed by atoms with E-state index in [2.05, 4.69) is 32.5 Å². The summed E-state index contributed by atoms with van der Waals surface area (Å²) in [6, 6.07) is 7.10. The zero-order chi connectivity index (χ0) is 14.2. The van der Waals surface area contributed by atoms with E-state index in [9.17, 15) is 4.79 Å². The van der Waals surface area contributed by atoms with Crippen LogP contribution in [0.5, 0.6) is 0 Å². The third kappa shape index (κ3) is 4.01. The van der Waals surface area contributed by atoms with Crippen molar-refractivity contribution in [3.63, 3.8) is 0 Å². The van der Waals surface area contributed by atoms with Crippen molar-refractivity contribution in [2.75, 3.05) is 11.9 Å². The predicted octanol–water partition coefficient (Wildman–Crippen LogP) is 1.62. The van der Waals surface area contributed by atoms with Gasteiger partial charge in [-0.1, -0.05) is 13.0 Å². The molecule has 2 N–H and O–H groups in total. The lowest BCUT2D eigenvalue weighted by molar-refractivity contribution is 0.0945. The van der Waals surface area contributed by atoms with Gasteiger partial charge in [0.1, 0.15) is 17.8 Å². The van der Waals surface area contributed by atoms with Gasteiger partial charge >= 0.3 is 0 Å². The molecule has 20 heavy (non-hydrogen) atoms. The number of carbonyl (C=O) groups excluding carboxylic acids is 1. The van der Waals surface area contributed by atoms with Gasteiger partial charge in [0.05, 0.1) is 12.2 Å². The van der Waals surface area contributed by atoms with E-state index < -0.39 is 0 Å². The van der Waals surface area contributed by atoms with Gasteiger partial charge in [-0.25, -0.2) is 15.0 Å². The van der Waals surface area contributed by atoms with Crippen LogP contribution in [-0.2, 0) is 6.54 Å². The second-order valence-corrected chi connectivity index (χ2v) is 4.22. The summed E-state index contributed by atoms with van der Waals surface area (Å²) in [7, 11) is 0. The van der Waals surface area contributed by atoms with Gasteiger partial charge < -0.3 is 10.6 Å². The fourth-order valence-corrected chi connectivity index (χ4v) is 1.60. The van der Waals surface area contributed by atoms with Crippen LogP contribution in [0, 0.1) is 0 Å². The predicted molar refractivity (Wildman–Crippen MR) is 76.2 cm³/mol. The van der Waals surface area contributed by atoms with Gasteiger partial charge in [0, 0.05) is 12.7 Å². The minimum absolute atomic E-state index is 0.219. The number of hydrogen-bond donors (Lipinski definition) is 2. The average Bonchev–Trinajstić information content (AvgIpc) is 2.52. The molecule has 6 nitrogen and oxygen atoms in total. The van der Waals surface area contributed by atoms with Crippen LogP contribution in [0.2, 0.25) is 0 Å². The lowest BCUT2D eigenvalue weighted by Crippen LogP contribution is -2.24. The summed E-state index contributed by atoms with van der Waals surface area (Å²) in [5.74, 6) is 0.491. The van der Waals surface area contributed by atoms with Crippen LogP contribution in [-0.4, -0.2) is 27.4 Å². The molecule has 0 radical (unpaired) electrons. The molecule has 104 valence electrons. The van der Waals surface area contributed by atoms with Gasteiger partial charge in [-0.3, -0.25) is 4.79 Å². The normalized spacial score (nSPS) is 10.1. The Labute approximate surface area is 117 Å². The summed E-state index contributed by atoms with van der Waals surface area (Å²) >= 11 is 0. The number of carbonyl (C=O) groups is 1. The lowest BCUT2D eigenvalue weighted by atomic mass is 10.3. The number of rotatable bonds is 6. The molecule has 0 aromatic carbocycles. The topological polar surface area (TPSA) is 79.8 Å². The largest absolute Gasteiger partial charge is 0.370 e. The van der Waals surface area contributed by atoms with Crippen LogP contribution in [0.25, 0.3) is 0 Å². The van der Waals surface area contributed by atoms with Gasteiger partial charge in [-0.15, -0.1) is 0 Å². The molecule has 0 saturated heterocycles. The molecule has 6 heteroatoms. The number of hydrogen-bond acceptors (Lipinski definition) is 5. The first kappa shape index (κ1) is 13.9. The standard InChI is InChI=1S/C14H17N5O/c1-2-7-16-13-5-3-4-12(19-13)14(20)17-9-11-6-8-15-10-18-11/h3-6,8,10H,2,7,9H2,1H3,(H,16,19)(H,17,20). The smallest absolute Gasteiger partial charge is 0.270 e. The Morgan fingerprint density at radius 2 is 2.20 bits per heavy atom. The van der Waals surface area contributed by atoms with E-state index in [1.165, 1.54) is 6.33 Å². The van der Waals surface area contributed by atoms with Crippen molar-refractivity contribution in [3.8, 4) is 0 Å². The number of amides is 1. The van der Waals surface area contributed by atoms with Crippen molar-refractivity contribution in [1.29, 1.82) is 0 Å². The molecule has 2 heterocycles. The number of pyridine rings is 1. The Morgan fingerprint density at radius 3 is 2.95 bits per heavy atom. The summed E-state index contributed by atoms with van der Waals surface area (Å²) < 4.78 is 0. The van der Waals surface area contributed by atoms with Gasteiger partial charge in [0.15, 0.2) is 0 Å². The molecule has 0 saturated carbocycles. The quantitative estimate of drug-likeness (QED) is 0.834. The van der Waals surface area contributed by atoms with Crippen LogP contribution in [0.1, 0.15) is 29.5 Å². The van der Waals surface area contributed by atoms with Crippen molar-refractivity contribution >= 4 is 11.7 Å². The molecule has 0 unspecified atom stereocenters. The molecule has 2 aromatic heterocycles. The fraction of sp³-hybridized carbons (Fsp3) is 0.286. The summed E-state index contributed by atoms with van der Waals surface area (Å²) in [5, 5.41) is 5.93. The zero-order valence-electron chi connectivity index (χ0n) is 11.3. The van der Waals surface area contributed by atoms with Crippen molar-refractivity contribution in [2.24, 2.45) is 0 Å². The Bertz CT molecular complexity index is 559. The van der Waals surface area contributed by atoms with E-state index in [1.807, 2.05) is 12.1 Å². The Kier molecular flexibility index (Phi) is 5.00. The van der Waals surface area contributed by atoms with Crippen molar-refractivity contribution in [3.05, 3.63) is 48.2 Å². The molecular weight excluding hydrogens is 254 g/mol. The summed E-state index contributed by atoms with van der Waals surface area (Å²) in [5.41, 5.74) is 1.15. The molecule has 0 fully saturated rings. The highest BCUT2D eigenvalue weighted by atomic mass is 16.1.